The van der Waals surface area contributed by atoms with Crippen LogP contribution in [0.4, 0.5) is 4.79 Å². The molecule has 38 heavy (non-hydrogen) atoms. The summed E-state index contributed by atoms with van der Waals surface area (Å²) in [6.07, 6.45) is 4.46. The molecule has 2 atom stereocenters. The second-order valence-electron chi connectivity index (χ2n) is 10.7. The molecule has 0 fully saturated rings. The molecule has 1 aromatic rings. The van der Waals surface area contributed by atoms with Crippen LogP contribution in [0, 0.1) is 6.92 Å². The molecule has 0 aliphatic carbocycles. The first-order valence-electron chi connectivity index (χ1n) is 13.8. The number of carbonyl (C=O) groups excluding carboxylic acids is 4. The number of carbonyl (C=O) groups is 4. The van der Waals surface area contributed by atoms with Crippen LogP contribution in [-0.4, -0.2) is 53.4 Å². The van der Waals surface area contributed by atoms with Gasteiger partial charge in [-0.1, -0.05) is 63.8 Å². The van der Waals surface area contributed by atoms with Crippen molar-refractivity contribution in [1.82, 2.24) is 15.5 Å². The van der Waals surface area contributed by atoms with Gasteiger partial charge >= 0.3 is 6.09 Å². The monoisotopic (exact) mass is 532 g/mol. The van der Waals surface area contributed by atoms with E-state index in [4.69, 9.17) is 10.5 Å². The van der Waals surface area contributed by atoms with Crippen molar-refractivity contribution in [2.45, 2.75) is 111 Å². The Kier molecular flexibility index (Phi) is 14.5. The van der Waals surface area contributed by atoms with Crippen LogP contribution in [0.1, 0.15) is 103 Å². The summed E-state index contributed by atoms with van der Waals surface area (Å²) in [5.41, 5.74) is 6.20. The SMILES string of the molecule is CCCCCNC(=O)C(c1ccccc1C)N(CCCCC)C(=O)C(CCC(N)=O)NC(=O)OC(C)(C)C. The number of rotatable bonds is 16. The highest BCUT2D eigenvalue weighted by molar-refractivity contribution is 5.92. The van der Waals surface area contributed by atoms with Gasteiger partial charge in [-0.3, -0.25) is 14.4 Å². The maximum Gasteiger partial charge on any atom is 0.408 e. The van der Waals surface area contributed by atoms with Crippen molar-refractivity contribution in [1.29, 1.82) is 0 Å². The second-order valence-corrected chi connectivity index (χ2v) is 10.7. The maximum absolute atomic E-state index is 14.1. The summed E-state index contributed by atoms with van der Waals surface area (Å²) < 4.78 is 5.37. The van der Waals surface area contributed by atoms with E-state index < -0.39 is 35.6 Å². The molecule has 1 rings (SSSR count). The summed E-state index contributed by atoms with van der Waals surface area (Å²) in [4.78, 5) is 53.5. The van der Waals surface area contributed by atoms with Gasteiger partial charge in [-0.05, 0) is 58.1 Å². The molecule has 0 aliphatic rings. The highest BCUT2D eigenvalue weighted by Gasteiger charge is 2.36. The van der Waals surface area contributed by atoms with Crippen LogP contribution >= 0.6 is 0 Å². The molecule has 4 N–H and O–H groups in total. The van der Waals surface area contributed by atoms with Gasteiger partial charge < -0.3 is 26.0 Å². The molecule has 9 heteroatoms. The van der Waals surface area contributed by atoms with Gasteiger partial charge in [0.25, 0.3) is 0 Å². The summed E-state index contributed by atoms with van der Waals surface area (Å²) >= 11 is 0. The number of hydrogen-bond donors (Lipinski definition) is 3. The molecule has 0 saturated heterocycles. The zero-order valence-corrected chi connectivity index (χ0v) is 24.1. The highest BCUT2D eigenvalue weighted by Crippen LogP contribution is 2.27. The fraction of sp³-hybridized carbons (Fsp3) is 0.655. The molecule has 4 amide bonds. The van der Waals surface area contributed by atoms with Crippen molar-refractivity contribution in [2.75, 3.05) is 13.1 Å². The number of aryl methyl sites for hydroxylation is 1. The minimum absolute atomic E-state index is 0.00367. The lowest BCUT2D eigenvalue weighted by molar-refractivity contribution is -0.142. The largest absolute Gasteiger partial charge is 0.444 e. The fourth-order valence-corrected chi connectivity index (χ4v) is 4.12. The van der Waals surface area contributed by atoms with Crippen LogP contribution in [0.2, 0.25) is 0 Å². The number of nitrogens with zero attached hydrogens (tertiary/aromatic N) is 1. The Balaban J connectivity index is 3.45. The number of ether oxygens (including phenoxy) is 1. The number of hydrogen-bond acceptors (Lipinski definition) is 5. The Bertz CT molecular complexity index is 912. The first-order chi connectivity index (χ1) is 17.9. The molecule has 0 bridgehead atoms. The highest BCUT2D eigenvalue weighted by atomic mass is 16.6. The quantitative estimate of drug-likeness (QED) is 0.269. The molecule has 0 saturated carbocycles. The van der Waals surface area contributed by atoms with Crippen molar-refractivity contribution in [3.05, 3.63) is 35.4 Å². The zero-order valence-electron chi connectivity index (χ0n) is 24.1. The van der Waals surface area contributed by atoms with E-state index in [-0.39, 0.29) is 18.7 Å². The Morgan fingerprint density at radius 2 is 1.63 bits per heavy atom. The average molecular weight is 533 g/mol. The number of benzene rings is 1. The van der Waals surface area contributed by atoms with E-state index in [0.717, 1.165) is 43.2 Å². The standard InChI is InChI=1S/C29H48N4O5/c1-7-9-13-19-31-26(35)25(22-16-12-11-15-21(22)3)33(20-14-10-8-2)27(36)23(17-18-24(30)34)32-28(37)38-29(4,5)6/h11-12,15-16,23,25H,7-10,13-14,17-20H2,1-6H3,(H2,30,34)(H,31,35)(H,32,37). The number of nitrogens with two attached hydrogens (primary N) is 1. The minimum Gasteiger partial charge on any atom is -0.444 e. The Morgan fingerprint density at radius 1 is 1.00 bits per heavy atom. The van der Waals surface area contributed by atoms with Gasteiger partial charge in [0, 0.05) is 19.5 Å². The Hall–Kier alpha value is -3.10. The summed E-state index contributed by atoms with van der Waals surface area (Å²) in [5, 5.41) is 5.64. The lowest BCUT2D eigenvalue weighted by Crippen LogP contribution is -2.53. The van der Waals surface area contributed by atoms with Gasteiger partial charge in [0.15, 0.2) is 0 Å². The van der Waals surface area contributed by atoms with Crippen LogP contribution in [0.25, 0.3) is 0 Å². The lowest BCUT2D eigenvalue weighted by Gasteiger charge is -2.35. The summed E-state index contributed by atoms with van der Waals surface area (Å²) in [5.74, 6) is -1.31. The summed E-state index contributed by atoms with van der Waals surface area (Å²) in [6, 6.07) is 5.52. The molecular weight excluding hydrogens is 484 g/mol. The number of primary amides is 1. The van der Waals surface area contributed by atoms with Crippen LogP contribution in [0.3, 0.4) is 0 Å². The average Bonchev–Trinajstić information content (AvgIpc) is 2.83. The van der Waals surface area contributed by atoms with E-state index in [1.807, 2.05) is 31.2 Å². The van der Waals surface area contributed by atoms with Gasteiger partial charge in [-0.25, -0.2) is 4.79 Å². The third-order valence-electron chi connectivity index (χ3n) is 6.08. The van der Waals surface area contributed by atoms with E-state index in [0.29, 0.717) is 19.5 Å². The molecule has 1 aromatic carbocycles. The molecule has 214 valence electrons. The molecule has 0 aliphatic heterocycles. The Morgan fingerprint density at radius 3 is 2.21 bits per heavy atom. The second kappa shape index (κ2) is 16.7. The number of unbranched alkanes of at least 4 members (excludes halogenated alkanes) is 4. The topological polar surface area (TPSA) is 131 Å². The Labute approximate surface area is 228 Å². The minimum atomic E-state index is -1.08. The summed E-state index contributed by atoms with van der Waals surface area (Å²) in [6.45, 7) is 12.1. The molecular formula is C29H48N4O5. The fourth-order valence-electron chi connectivity index (χ4n) is 4.12. The molecule has 0 aromatic heterocycles. The van der Waals surface area contributed by atoms with Gasteiger partial charge in [0.05, 0.1) is 0 Å². The van der Waals surface area contributed by atoms with Crippen molar-refractivity contribution < 1.29 is 23.9 Å². The van der Waals surface area contributed by atoms with Gasteiger partial charge in [0.2, 0.25) is 17.7 Å². The van der Waals surface area contributed by atoms with Crippen LogP contribution in [0.5, 0.6) is 0 Å². The number of nitrogens with one attached hydrogen (secondary N) is 2. The van der Waals surface area contributed by atoms with Gasteiger partial charge in [-0.2, -0.15) is 0 Å². The van der Waals surface area contributed by atoms with E-state index >= 15 is 0 Å². The predicted octanol–water partition coefficient (Wildman–Crippen LogP) is 4.52. The van der Waals surface area contributed by atoms with E-state index in [1.54, 1.807) is 20.8 Å². The third kappa shape index (κ3) is 12.0. The predicted molar refractivity (Wildman–Crippen MR) is 149 cm³/mol. The molecule has 0 heterocycles. The third-order valence-corrected chi connectivity index (χ3v) is 6.08. The van der Waals surface area contributed by atoms with Gasteiger partial charge in [-0.15, -0.1) is 0 Å². The first-order valence-corrected chi connectivity index (χ1v) is 13.8. The lowest BCUT2D eigenvalue weighted by atomic mass is 9.97. The molecule has 0 spiro atoms. The normalized spacial score (nSPS) is 12.8. The van der Waals surface area contributed by atoms with Crippen LogP contribution in [-0.2, 0) is 19.1 Å². The van der Waals surface area contributed by atoms with E-state index in [9.17, 15) is 19.2 Å². The van der Waals surface area contributed by atoms with Crippen molar-refractivity contribution >= 4 is 23.8 Å². The van der Waals surface area contributed by atoms with Crippen molar-refractivity contribution in [3.8, 4) is 0 Å². The zero-order chi connectivity index (χ0) is 28.7. The first kappa shape index (κ1) is 32.9. The molecule has 0 radical (unpaired) electrons. The van der Waals surface area contributed by atoms with Crippen molar-refractivity contribution in [3.63, 3.8) is 0 Å². The van der Waals surface area contributed by atoms with Crippen LogP contribution < -0.4 is 16.4 Å². The molecule has 9 nitrogen and oxygen atoms in total. The molecule has 2 unspecified atom stereocenters. The van der Waals surface area contributed by atoms with Gasteiger partial charge in [0.1, 0.15) is 17.7 Å². The summed E-state index contributed by atoms with van der Waals surface area (Å²) in [7, 11) is 0. The maximum atomic E-state index is 14.1. The van der Waals surface area contributed by atoms with E-state index in [2.05, 4.69) is 24.5 Å². The number of alkyl carbamates (subject to hydrolysis) is 1. The van der Waals surface area contributed by atoms with E-state index in [1.165, 1.54) is 4.90 Å². The number of amides is 4. The van der Waals surface area contributed by atoms with Crippen molar-refractivity contribution in [2.24, 2.45) is 5.73 Å². The smallest absolute Gasteiger partial charge is 0.408 e. The van der Waals surface area contributed by atoms with Crippen LogP contribution in [0.15, 0.2) is 24.3 Å².